The number of aromatic nitrogens is 3. The molecule has 0 unspecified atom stereocenters. The molecular formula is C19H16F2N4O. The first-order valence-corrected chi connectivity index (χ1v) is 8.28. The van der Waals surface area contributed by atoms with Crippen LogP contribution in [-0.2, 0) is 19.5 Å². The molecule has 1 aliphatic heterocycles. The standard InChI is InChI=1S/C19H16F2N4O/c20-14-7-12(8-15(21)9-14)10-25-6-3-16-17(11-25)23-18(24-19(16)26)13-1-4-22-5-2-13/h1-2,4-5,7-9H,3,6,10-11H2,(H,23,24,26). The Kier molecular flexibility index (Phi) is 4.30. The first-order valence-electron chi connectivity index (χ1n) is 8.28. The summed E-state index contributed by atoms with van der Waals surface area (Å²) in [5.41, 5.74) is 2.57. The molecule has 0 amide bonds. The highest BCUT2D eigenvalue weighted by Gasteiger charge is 2.21. The van der Waals surface area contributed by atoms with E-state index in [4.69, 9.17) is 0 Å². The summed E-state index contributed by atoms with van der Waals surface area (Å²) < 4.78 is 26.8. The van der Waals surface area contributed by atoms with Crippen LogP contribution in [0.3, 0.4) is 0 Å². The first kappa shape index (κ1) is 16.5. The van der Waals surface area contributed by atoms with Crippen LogP contribution in [0.25, 0.3) is 11.4 Å². The molecule has 1 N–H and O–H groups in total. The smallest absolute Gasteiger partial charge is 0.254 e. The largest absolute Gasteiger partial charge is 0.306 e. The summed E-state index contributed by atoms with van der Waals surface area (Å²) >= 11 is 0. The van der Waals surface area contributed by atoms with Crippen LogP contribution in [-0.4, -0.2) is 26.4 Å². The van der Waals surface area contributed by atoms with E-state index in [0.717, 1.165) is 11.6 Å². The van der Waals surface area contributed by atoms with E-state index in [-0.39, 0.29) is 5.56 Å². The Hall–Kier alpha value is -2.93. The van der Waals surface area contributed by atoms with Gasteiger partial charge in [-0.3, -0.25) is 14.7 Å². The van der Waals surface area contributed by atoms with Gasteiger partial charge < -0.3 is 4.98 Å². The van der Waals surface area contributed by atoms with Crippen molar-refractivity contribution in [3.8, 4) is 11.4 Å². The van der Waals surface area contributed by atoms with E-state index in [9.17, 15) is 13.6 Å². The molecule has 0 atom stereocenters. The van der Waals surface area contributed by atoms with Crippen LogP contribution in [0.2, 0.25) is 0 Å². The maximum Gasteiger partial charge on any atom is 0.254 e. The lowest BCUT2D eigenvalue weighted by molar-refractivity contribution is 0.240. The topological polar surface area (TPSA) is 61.9 Å². The number of hydrogen-bond donors (Lipinski definition) is 1. The molecular weight excluding hydrogens is 338 g/mol. The summed E-state index contributed by atoms with van der Waals surface area (Å²) in [6.07, 6.45) is 3.82. The molecule has 0 spiro atoms. The van der Waals surface area contributed by atoms with E-state index < -0.39 is 11.6 Å². The van der Waals surface area contributed by atoms with E-state index in [1.54, 1.807) is 24.5 Å². The zero-order valence-electron chi connectivity index (χ0n) is 13.9. The van der Waals surface area contributed by atoms with E-state index >= 15 is 0 Å². The van der Waals surface area contributed by atoms with E-state index in [2.05, 4.69) is 15.0 Å². The number of nitrogens with one attached hydrogen (secondary N) is 1. The fourth-order valence-electron chi connectivity index (χ4n) is 3.24. The lowest BCUT2D eigenvalue weighted by atomic mass is 10.0. The van der Waals surface area contributed by atoms with Crippen molar-refractivity contribution in [2.24, 2.45) is 0 Å². The Morgan fingerprint density at radius 3 is 2.58 bits per heavy atom. The maximum absolute atomic E-state index is 13.4. The highest BCUT2D eigenvalue weighted by molar-refractivity contribution is 5.54. The Labute approximate surface area is 148 Å². The van der Waals surface area contributed by atoms with Crippen LogP contribution in [0.4, 0.5) is 8.78 Å². The van der Waals surface area contributed by atoms with Gasteiger partial charge in [-0.15, -0.1) is 0 Å². The van der Waals surface area contributed by atoms with Gasteiger partial charge in [-0.2, -0.15) is 0 Å². The number of fused-ring (bicyclic) bond motifs is 1. The summed E-state index contributed by atoms with van der Waals surface area (Å²) in [4.78, 5) is 25.8. The fourth-order valence-corrected chi connectivity index (χ4v) is 3.24. The highest BCUT2D eigenvalue weighted by Crippen LogP contribution is 2.20. The Balaban J connectivity index is 1.61. The number of aromatic amines is 1. The molecule has 0 bridgehead atoms. The monoisotopic (exact) mass is 354 g/mol. The molecule has 0 fully saturated rings. The SMILES string of the molecule is O=c1[nH]c(-c2ccncc2)nc2c1CCN(Cc1cc(F)cc(F)c1)C2. The quantitative estimate of drug-likeness (QED) is 0.786. The third-order valence-corrected chi connectivity index (χ3v) is 4.43. The number of nitrogens with zero attached hydrogens (tertiary/aromatic N) is 3. The van der Waals surface area contributed by atoms with E-state index in [1.807, 2.05) is 4.90 Å². The van der Waals surface area contributed by atoms with E-state index in [0.29, 0.717) is 48.7 Å². The van der Waals surface area contributed by atoms with Gasteiger partial charge >= 0.3 is 0 Å². The molecule has 0 radical (unpaired) electrons. The molecule has 7 heteroatoms. The zero-order chi connectivity index (χ0) is 18.1. The van der Waals surface area contributed by atoms with Crippen molar-refractivity contribution in [3.63, 3.8) is 0 Å². The summed E-state index contributed by atoms with van der Waals surface area (Å²) in [7, 11) is 0. The highest BCUT2D eigenvalue weighted by atomic mass is 19.1. The van der Waals surface area contributed by atoms with Crippen LogP contribution in [0.5, 0.6) is 0 Å². The Morgan fingerprint density at radius 1 is 1.12 bits per heavy atom. The van der Waals surface area contributed by atoms with Gasteiger partial charge in [-0.25, -0.2) is 13.8 Å². The lowest BCUT2D eigenvalue weighted by Gasteiger charge is -2.27. The van der Waals surface area contributed by atoms with Crippen LogP contribution >= 0.6 is 0 Å². The van der Waals surface area contributed by atoms with Gasteiger partial charge in [0.15, 0.2) is 0 Å². The number of hydrogen-bond acceptors (Lipinski definition) is 4. The molecule has 5 nitrogen and oxygen atoms in total. The van der Waals surface area contributed by atoms with Gasteiger partial charge in [0.25, 0.3) is 5.56 Å². The minimum Gasteiger partial charge on any atom is -0.306 e. The van der Waals surface area contributed by atoms with Crippen molar-refractivity contribution in [1.82, 2.24) is 19.9 Å². The van der Waals surface area contributed by atoms with E-state index in [1.165, 1.54) is 12.1 Å². The minimum atomic E-state index is -0.591. The van der Waals surface area contributed by atoms with Gasteiger partial charge in [-0.1, -0.05) is 0 Å². The fraction of sp³-hybridized carbons (Fsp3) is 0.211. The number of H-pyrrole nitrogens is 1. The molecule has 4 rings (SSSR count). The second-order valence-electron chi connectivity index (χ2n) is 6.31. The summed E-state index contributed by atoms with van der Waals surface area (Å²) in [5.74, 6) is -0.686. The molecule has 0 aliphatic carbocycles. The molecule has 1 aliphatic rings. The molecule has 0 saturated carbocycles. The Bertz CT molecular complexity index is 984. The van der Waals surface area contributed by atoms with Gasteiger partial charge in [0.05, 0.1) is 5.69 Å². The van der Waals surface area contributed by atoms with Crippen molar-refractivity contribution in [2.45, 2.75) is 19.5 Å². The van der Waals surface area contributed by atoms with Crippen molar-refractivity contribution < 1.29 is 8.78 Å². The first-order chi connectivity index (χ1) is 12.6. The summed E-state index contributed by atoms with van der Waals surface area (Å²) in [6.45, 7) is 1.48. The molecule has 132 valence electrons. The maximum atomic E-state index is 13.4. The molecule has 3 heterocycles. The van der Waals surface area contributed by atoms with Crippen LogP contribution in [0.15, 0.2) is 47.5 Å². The second-order valence-corrected chi connectivity index (χ2v) is 6.31. The number of rotatable bonds is 3. The average Bonchev–Trinajstić information content (AvgIpc) is 2.61. The van der Waals surface area contributed by atoms with Crippen LogP contribution in [0.1, 0.15) is 16.8 Å². The van der Waals surface area contributed by atoms with Gasteiger partial charge in [0.1, 0.15) is 17.5 Å². The predicted molar refractivity (Wildman–Crippen MR) is 92.3 cm³/mol. The van der Waals surface area contributed by atoms with Gasteiger partial charge in [-0.05, 0) is 36.2 Å². The zero-order valence-corrected chi connectivity index (χ0v) is 13.9. The molecule has 1 aromatic carbocycles. The third kappa shape index (κ3) is 3.39. The van der Waals surface area contributed by atoms with Crippen molar-refractivity contribution in [2.75, 3.05) is 6.54 Å². The molecule has 2 aromatic heterocycles. The van der Waals surface area contributed by atoms with Crippen molar-refractivity contribution in [3.05, 3.63) is 81.5 Å². The summed E-state index contributed by atoms with van der Waals surface area (Å²) in [6, 6.07) is 7.07. The van der Waals surface area contributed by atoms with Crippen LogP contribution in [0, 0.1) is 11.6 Å². The van der Waals surface area contributed by atoms with Gasteiger partial charge in [0.2, 0.25) is 0 Å². The second kappa shape index (κ2) is 6.76. The average molecular weight is 354 g/mol. The molecule has 0 saturated heterocycles. The minimum absolute atomic E-state index is 0.140. The Morgan fingerprint density at radius 2 is 1.85 bits per heavy atom. The lowest BCUT2D eigenvalue weighted by Crippen LogP contribution is -2.35. The normalized spacial score (nSPS) is 14.2. The number of halogens is 2. The summed E-state index contributed by atoms with van der Waals surface area (Å²) in [5, 5.41) is 0. The van der Waals surface area contributed by atoms with Crippen molar-refractivity contribution >= 4 is 0 Å². The van der Waals surface area contributed by atoms with Gasteiger partial charge in [0, 0.05) is 49.2 Å². The number of pyridine rings is 1. The molecule has 3 aromatic rings. The van der Waals surface area contributed by atoms with Crippen molar-refractivity contribution in [1.29, 1.82) is 0 Å². The number of benzene rings is 1. The van der Waals surface area contributed by atoms with Crippen LogP contribution < -0.4 is 5.56 Å². The third-order valence-electron chi connectivity index (χ3n) is 4.43. The molecule has 26 heavy (non-hydrogen) atoms. The predicted octanol–water partition coefficient (Wildman–Crippen LogP) is 2.67.